The molecule has 2 aliphatic heterocycles. The number of fused-ring (bicyclic) bond motifs is 1. The van der Waals surface area contributed by atoms with Crippen LogP contribution in [-0.4, -0.2) is 60.9 Å². The molecule has 8 nitrogen and oxygen atoms in total. The quantitative estimate of drug-likeness (QED) is 0.860. The number of likely N-dealkylation sites (tertiary alicyclic amines) is 1. The molecule has 2 aromatic rings. The molecular weight excluding hydrogens is 358 g/mol. The second-order valence-electron chi connectivity index (χ2n) is 9.11. The van der Waals surface area contributed by atoms with Gasteiger partial charge in [0.1, 0.15) is 18.2 Å². The van der Waals surface area contributed by atoms with Crippen molar-refractivity contribution in [1.82, 2.24) is 25.1 Å². The lowest BCUT2D eigenvalue weighted by Gasteiger charge is -2.43. The molecule has 0 unspecified atom stereocenters. The number of benzene rings is 1. The van der Waals surface area contributed by atoms with Gasteiger partial charge in [-0.05, 0) is 50.6 Å². The third-order valence-corrected chi connectivity index (χ3v) is 5.29. The number of hydrogen-bond acceptors (Lipinski definition) is 7. The van der Waals surface area contributed by atoms with E-state index in [1.54, 1.807) is 0 Å². The van der Waals surface area contributed by atoms with Crippen molar-refractivity contribution in [1.29, 1.82) is 0 Å². The van der Waals surface area contributed by atoms with Crippen LogP contribution >= 0.6 is 0 Å². The van der Waals surface area contributed by atoms with E-state index in [1.807, 2.05) is 36.7 Å². The predicted molar refractivity (Wildman–Crippen MR) is 102 cm³/mol. The second kappa shape index (κ2) is 6.88. The maximum atomic E-state index is 10.8. The Morgan fingerprint density at radius 3 is 2.50 bits per heavy atom. The number of rotatable bonds is 3. The first-order valence-corrected chi connectivity index (χ1v) is 9.76. The van der Waals surface area contributed by atoms with Crippen LogP contribution in [0.5, 0.6) is 0 Å². The first-order chi connectivity index (χ1) is 13.2. The highest BCUT2D eigenvalue weighted by Gasteiger charge is 2.55. The minimum Gasteiger partial charge on any atom is -0.389 e. The van der Waals surface area contributed by atoms with Gasteiger partial charge in [0, 0.05) is 13.1 Å². The summed E-state index contributed by atoms with van der Waals surface area (Å²) >= 11 is 0. The van der Waals surface area contributed by atoms with Crippen molar-refractivity contribution < 1.29 is 14.6 Å². The summed E-state index contributed by atoms with van der Waals surface area (Å²) in [7, 11) is 0. The molecule has 4 atom stereocenters. The van der Waals surface area contributed by atoms with Gasteiger partial charge in [0.25, 0.3) is 0 Å². The number of aliphatic hydroxyl groups excluding tert-OH is 1. The molecule has 1 N–H and O–H groups in total. The molecule has 0 aliphatic carbocycles. The van der Waals surface area contributed by atoms with Crippen LogP contribution in [0.1, 0.15) is 52.0 Å². The number of hydrogen-bond donors (Lipinski definition) is 1. The summed E-state index contributed by atoms with van der Waals surface area (Å²) in [5.41, 5.74) is 0.878. The molecule has 2 saturated heterocycles. The molecule has 8 heteroatoms. The standard InChI is InChI=1S/C20H29N5O3/c1-19(2,3)25-18(21-22-23-25)15-17-16(27-20(4,5)28-17)14(26)12-24(15)11-13-9-7-6-8-10-13/h6-10,14-17,26H,11-12H2,1-5H3/t14-,15-,16-,17+/m0/s1. The van der Waals surface area contributed by atoms with Gasteiger partial charge in [-0.25, -0.2) is 4.68 Å². The number of aliphatic hydroxyl groups is 1. The van der Waals surface area contributed by atoms with E-state index in [-0.39, 0.29) is 17.7 Å². The van der Waals surface area contributed by atoms with Crippen LogP contribution in [0.25, 0.3) is 0 Å². The van der Waals surface area contributed by atoms with Crippen molar-refractivity contribution >= 4 is 0 Å². The van der Waals surface area contributed by atoms with Gasteiger partial charge in [0.15, 0.2) is 11.6 Å². The summed E-state index contributed by atoms with van der Waals surface area (Å²) in [6.45, 7) is 11.1. The first-order valence-electron chi connectivity index (χ1n) is 9.76. The van der Waals surface area contributed by atoms with Crippen molar-refractivity contribution in [3.05, 3.63) is 41.7 Å². The molecule has 4 rings (SSSR count). The average molecular weight is 387 g/mol. The summed E-state index contributed by atoms with van der Waals surface area (Å²) in [6.07, 6.45) is -1.43. The summed E-state index contributed by atoms with van der Waals surface area (Å²) in [5, 5.41) is 23.4. The van der Waals surface area contributed by atoms with Crippen molar-refractivity contribution in [2.75, 3.05) is 6.54 Å². The van der Waals surface area contributed by atoms with Crippen LogP contribution < -0.4 is 0 Å². The van der Waals surface area contributed by atoms with Gasteiger partial charge in [0.2, 0.25) is 0 Å². The average Bonchev–Trinajstić information content (AvgIpc) is 3.20. The topological polar surface area (TPSA) is 85.5 Å². The van der Waals surface area contributed by atoms with Crippen LogP contribution in [0, 0.1) is 0 Å². The Bertz CT molecular complexity index is 817. The molecular formula is C20H29N5O3. The minimum atomic E-state index is -0.767. The van der Waals surface area contributed by atoms with Gasteiger partial charge >= 0.3 is 0 Å². The van der Waals surface area contributed by atoms with E-state index in [9.17, 15) is 5.11 Å². The zero-order valence-electron chi connectivity index (χ0n) is 17.1. The summed E-state index contributed by atoms with van der Waals surface area (Å²) in [4.78, 5) is 2.19. The number of ether oxygens (including phenoxy) is 2. The van der Waals surface area contributed by atoms with Gasteiger partial charge in [0.05, 0.1) is 11.6 Å². The van der Waals surface area contributed by atoms with Crippen molar-refractivity contribution in [3.8, 4) is 0 Å². The highest BCUT2D eigenvalue weighted by molar-refractivity contribution is 5.17. The van der Waals surface area contributed by atoms with Gasteiger partial charge in [-0.15, -0.1) is 5.10 Å². The fourth-order valence-corrected chi connectivity index (χ4v) is 4.17. The molecule has 3 heterocycles. The van der Waals surface area contributed by atoms with Gasteiger partial charge in [-0.1, -0.05) is 30.3 Å². The van der Waals surface area contributed by atoms with E-state index in [4.69, 9.17) is 9.47 Å². The highest BCUT2D eigenvalue weighted by Crippen LogP contribution is 2.43. The normalized spacial score (nSPS) is 30.4. The zero-order chi connectivity index (χ0) is 20.1. The number of aromatic nitrogens is 4. The largest absolute Gasteiger partial charge is 0.389 e. The fraction of sp³-hybridized carbons (Fsp3) is 0.650. The van der Waals surface area contributed by atoms with E-state index in [0.29, 0.717) is 13.1 Å². The predicted octanol–water partition coefficient (Wildman–Crippen LogP) is 1.87. The minimum absolute atomic E-state index is 0.232. The van der Waals surface area contributed by atoms with Gasteiger partial charge in [-0.3, -0.25) is 4.90 Å². The molecule has 0 bridgehead atoms. The van der Waals surface area contributed by atoms with Gasteiger partial charge < -0.3 is 14.6 Å². The number of piperidine rings is 1. The number of nitrogens with zero attached hydrogens (tertiary/aromatic N) is 5. The van der Waals surface area contributed by atoms with Crippen LogP contribution in [0.15, 0.2) is 30.3 Å². The van der Waals surface area contributed by atoms with E-state index in [1.165, 1.54) is 0 Å². The summed E-state index contributed by atoms with van der Waals surface area (Å²) in [5.74, 6) is -0.0382. The molecule has 0 radical (unpaired) electrons. The van der Waals surface area contributed by atoms with Crippen molar-refractivity contribution in [3.63, 3.8) is 0 Å². The Labute approximate surface area is 165 Å². The van der Waals surface area contributed by atoms with E-state index in [0.717, 1.165) is 11.4 Å². The number of tetrazole rings is 1. The molecule has 0 saturated carbocycles. The molecule has 2 aliphatic rings. The van der Waals surface area contributed by atoms with Crippen LogP contribution in [-0.2, 0) is 21.6 Å². The second-order valence-corrected chi connectivity index (χ2v) is 9.11. The Morgan fingerprint density at radius 2 is 1.82 bits per heavy atom. The first kappa shape index (κ1) is 19.4. The van der Waals surface area contributed by atoms with E-state index in [2.05, 4.69) is 53.3 Å². The molecule has 1 aromatic heterocycles. The SMILES string of the molecule is CC1(C)O[C@@H]2[C@H](O1)[C@@H](c1nnnn1C(C)(C)C)N(Cc1ccccc1)C[C@@H]2O. The van der Waals surface area contributed by atoms with E-state index >= 15 is 0 Å². The molecule has 1 aromatic carbocycles. The maximum Gasteiger partial charge on any atom is 0.171 e. The fourth-order valence-electron chi connectivity index (χ4n) is 4.17. The molecule has 0 amide bonds. The Hall–Kier alpha value is -1.87. The smallest absolute Gasteiger partial charge is 0.171 e. The van der Waals surface area contributed by atoms with Crippen molar-refractivity contribution in [2.24, 2.45) is 0 Å². The van der Waals surface area contributed by atoms with Crippen molar-refractivity contribution in [2.45, 2.75) is 76.8 Å². The van der Waals surface area contributed by atoms with Crippen LogP contribution in [0.4, 0.5) is 0 Å². The third kappa shape index (κ3) is 3.57. The molecule has 28 heavy (non-hydrogen) atoms. The lowest BCUT2D eigenvalue weighted by Crippen LogP contribution is -2.56. The molecule has 0 spiro atoms. The van der Waals surface area contributed by atoms with Crippen LogP contribution in [0.3, 0.4) is 0 Å². The lowest BCUT2D eigenvalue weighted by molar-refractivity contribution is -0.153. The Morgan fingerprint density at radius 1 is 1.14 bits per heavy atom. The van der Waals surface area contributed by atoms with Crippen LogP contribution in [0.2, 0.25) is 0 Å². The zero-order valence-corrected chi connectivity index (χ0v) is 17.1. The monoisotopic (exact) mass is 387 g/mol. The summed E-state index contributed by atoms with van der Waals surface area (Å²) < 4.78 is 14.1. The highest BCUT2D eigenvalue weighted by atomic mass is 16.8. The van der Waals surface area contributed by atoms with Gasteiger partial charge in [-0.2, -0.15) is 0 Å². The lowest BCUT2D eigenvalue weighted by atomic mass is 9.92. The Balaban J connectivity index is 1.75. The third-order valence-electron chi connectivity index (χ3n) is 5.29. The van der Waals surface area contributed by atoms with E-state index < -0.39 is 18.0 Å². The molecule has 2 fully saturated rings. The summed E-state index contributed by atoms with van der Waals surface area (Å²) in [6, 6.07) is 9.97. The maximum absolute atomic E-state index is 10.8. The number of β-amino-alcohol motifs (C(OH)–C–C–N with tert-alkyl or cyclic N) is 1. The molecule has 152 valence electrons. The Kier molecular flexibility index (Phi) is 4.78.